The number of carbonyl (C=O) groups is 3. The van der Waals surface area contributed by atoms with Gasteiger partial charge >= 0.3 is 6.09 Å². The zero-order chi connectivity index (χ0) is 18.9. The molecule has 0 bridgehead atoms. The molecule has 142 valence electrons. The van der Waals surface area contributed by atoms with Crippen molar-refractivity contribution in [3.63, 3.8) is 0 Å². The number of nitrogens with one attached hydrogen (secondary N) is 1. The molecule has 1 heterocycles. The lowest BCUT2D eigenvalue weighted by molar-refractivity contribution is -0.132. The van der Waals surface area contributed by atoms with Crippen molar-refractivity contribution in [1.82, 2.24) is 15.1 Å². The van der Waals surface area contributed by atoms with Gasteiger partial charge in [-0.25, -0.2) is 4.79 Å². The molecule has 0 unspecified atom stereocenters. The largest absolute Gasteiger partial charge is 0.450 e. The zero-order valence-electron chi connectivity index (χ0n) is 15.5. The first-order valence-electron chi connectivity index (χ1n) is 9.11. The molecule has 0 radical (unpaired) electrons. The summed E-state index contributed by atoms with van der Waals surface area (Å²) in [6, 6.07) is 7.67. The number of alkyl carbamates (subject to hydrolysis) is 1. The van der Waals surface area contributed by atoms with Gasteiger partial charge in [-0.05, 0) is 31.0 Å². The van der Waals surface area contributed by atoms with Gasteiger partial charge in [-0.1, -0.05) is 19.1 Å². The van der Waals surface area contributed by atoms with Gasteiger partial charge in [0.05, 0.1) is 6.61 Å². The van der Waals surface area contributed by atoms with E-state index in [1.807, 2.05) is 24.3 Å². The number of hydrogen-bond donors (Lipinski definition) is 1. The van der Waals surface area contributed by atoms with E-state index in [1.165, 1.54) is 5.56 Å². The van der Waals surface area contributed by atoms with Crippen molar-refractivity contribution in [1.29, 1.82) is 0 Å². The van der Waals surface area contributed by atoms with Gasteiger partial charge in [0.1, 0.15) is 0 Å². The molecule has 0 aliphatic carbocycles. The number of rotatable bonds is 6. The van der Waals surface area contributed by atoms with Gasteiger partial charge in [-0.2, -0.15) is 0 Å². The fraction of sp³-hybridized carbons (Fsp3) is 0.526. The van der Waals surface area contributed by atoms with Crippen LogP contribution in [0.3, 0.4) is 0 Å². The lowest BCUT2D eigenvalue weighted by atomic mass is 10.1. The molecular formula is C19H27N3O4. The van der Waals surface area contributed by atoms with Crippen molar-refractivity contribution in [2.75, 3.05) is 39.3 Å². The maximum absolute atomic E-state index is 12.5. The summed E-state index contributed by atoms with van der Waals surface area (Å²) in [6.45, 7) is 6.42. The molecule has 2 rings (SSSR count). The van der Waals surface area contributed by atoms with E-state index in [9.17, 15) is 14.4 Å². The average molecular weight is 361 g/mol. The molecule has 0 aromatic heterocycles. The van der Waals surface area contributed by atoms with E-state index < -0.39 is 6.09 Å². The molecular weight excluding hydrogens is 334 g/mol. The highest BCUT2D eigenvalue weighted by Gasteiger charge is 2.24. The fourth-order valence-corrected chi connectivity index (χ4v) is 2.84. The molecule has 0 saturated carbocycles. The second kappa shape index (κ2) is 9.79. The number of hydrogen-bond acceptors (Lipinski definition) is 4. The van der Waals surface area contributed by atoms with Crippen LogP contribution in [0.25, 0.3) is 0 Å². The van der Waals surface area contributed by atoms with E-state index >= 15 is 0 Å². The lowest BCUT2D eigenvalue weighted by Gasteiger charge is -2.35. The van der Waals surface area contributed by atoms with Gasteiger partial charge in [0.2, 0.25) is 5.91 Å². The Bertz CT molecular complexity index is 622. The minimum atomic E-state index is -0.509. The van der Waals surface area contributed by atoms with Crippen molar-refractivity contribution in [3.05, 3.63) is 35.4 Å². The number of piperazine rings is 1. The van der Waals surface area contributed by atoms with Crippen LogP contribution in [0.2, 0.25) is 0 Å². The highest BCUT2D eigenvalue weighted by Crippen LogP contribution is 2.11. The molecule has 7 nitrogen and oxygen atoms in total. The molecule has 1 aliphatic heterocycles. The smallest absolute Gasteiger partial charge is 0.407 e. The second-order valence-electron chi connectivity index (χ2n) is 6.12. The first kappa shape index (κ1) is 19.8. The topological polar surface area (TPSA) is 79.0 Å². The van der Waals surface area contributed by atoms with E-state index in [2.05, 4.69) is 12.2 Å². The van der Waals surface area contributed by atoms with Crippen LogP contribution in [-0.4, -0.2) is 67.0 Å². The number of amides is 3. The maximum atomic E-state index is 12.5. The van der Waals surface area contributed by atoms with E-state index in [4.69, 9.17) is 4.74 Å². The lowest BCUT2D eigenvalue weighted by Crippen LogP contribution is -2.51. The van der Waals surface area contributed by atoms with Crippen LogP contribution in [0.15, 0.2) is 24.3 Å². The van der Waals surface area contributed by atoms with Crippen molar-refractivity contribution >= 4 is 17.9 Å². The molecule has 1 aromatic carbocycles. The van der Waals surface area contributed by atoms with Gasteiger partial charge in [0, 0.05) is 44.7 Å². The van der Waals surface area contributed by atoms with Crippen molar-refractivity contribution in [3.8, 4) is 0 Å². The normalized spacial score (nSPS) is 14.1. The second-order valence-corrected chi connectivity index (χ2v) is 6.12. The van der Waals surface area contributed by atoms with Crippen LogP contribution in [0, 0.1) is 0 Å². The first-order valence-corrected chi connectivity index (χ1v) is 9.11. The number of benzene rings is 1. The summed E-state index contributed by atoms with van der Waals surface area (Å²) < 4.78 is 4.75. The third kappa shape index (κ3) is 5.47. The highest BCUT2D eigenvalue weighted by molar-refractivity contribution is 5.94. The monoisotopic (exact) mass is 361 g/mol. The molecule has 0 atom stereocenters. The van der Waals surface area contributed by atoms with E-state index in [-0.39, 0.29) is 24.8 Å². The Hall–Kier alpha value is -2.57. The molecule has 1 N–H and O–H groups in total. The van der Waals surface area contributed by atoms with Crippen LogP contribution in [0.5, 0.6) is 0 Å². The molecule has 7 heteroatoms. The Balaban J connectivity index is 1.76. The minimum absolute atomic E-state index is 0.00345. The zero-order valence-corrected chi connectivity index (χ0v) is 15.5. The quantitative estimate of drug-likeness (QED) is 0.836. The van der Waals surface area contributed by atoms with Gasteiger partial charge in [-0.15, -0.1) is 0 Å². The molecule has 0 spiro atoms. The molecule has 1 aliphatic rings. The van der Waals surface area contributed by atoms with Crippen LogP contribution in [0.1, 0.15) is 36.2 Å². The van der Waals surface area contributed by atoms with Gasteiger partial charge in [-0.3, -0.25) is 9.59 Å². The number of carbonyl (C=O) groups excluding carboxylic acids is 3. The van der Waals surface area contributed by atoms with Crippen molar-refractivity contribution in [2.45, 2.75) is 26.7 Å². The molecule has 26 heavy (non-hydrogen) atoms. The predicted molar refractivity (Wildman–Crippen MR) is 97.9 cm³/mol. The summed E-state index contributed by atoms with van der Waals surface area (Å²) in [4.78, 5) is 39.4. The summed E-state index contributed by atoms with van der Waals surface area (Å²) in [7, 11) is 0. The van der Waals surface area contributed by atoms with E-state index in [0.717, 1.165) is 6.42 Å². The molecule has 1 fully saturated rings. The third-order valence-corrected chi connectivity index (χ3v) is 4.41. The summed E-state index contributed by atoms with van der Waals surface area (Å²) in [5.74, 6) is -0.0232. The number of nitrogens with zero attached hydrogens (tertiary/aromatic N) is 2. The number of aryl methyl sites for hydroxylation is 1. The maximum Gasteiger partial charge on any atom is 0.407 e. The summed E-state index contributed by atoms with van der Waals surface area (Å²) >= 11 is 0. The Morgan fingerprint density at radius 1 is 1.00 bits per heavy atom. The minimum Gasteiger partial charge on any atom is -0.450 e. The van der Waals surface area contributed by atoms with Crippen molar-refractivity contribution in [2.24, 2.45) is 0 Å². The van der Waals surface area contributed by atoms with Crippen LogP contribution in [0.4, 0.5) is 4.79 Å². The first-order chi connectivity index (χ1) is 12.5. The molecule has 1 aromatic rings. The van der Waals surface area contributed by atoms with E-state index in [1.54, 1.807) is 16.7 Å². The Labute approximate surface area is 154 Å². The van der Waals surface area contributed by atoms with Crippen LogP contribution >= 0.6 is 0 Å². The fourth-order valence-electron chi connectivity index (χ4n) is 2.84. The molecule has 1 saturated heterocycles. The standard InChI is InChI=1S/C19H27N3O4/c1-3-15-5-7-16(8-6-15)18(24)22-13-11-21(12-14-22)17(23)9-10-20-19(25)26-4-2/h5-8H,3-4,9-14H2,1-2H3,(H,20,25). The van der Waals surface area contributed by atoms with Gasteiger partial charge in [0.15, 0.2) is 0 Å². The third-order valence-electron chi connectivity index (χ3n) is 4.41. The van der Waals surface area contributed by atoms with Gasteiger partial charge in [0.25, 0.3) is 5.91 Å². The predicted octanol–water partition coefficient (Wildman–Crippen LogP) is 1.67. The Kier molecular flexibility index (Phi) is 7.44. The average Bonchev–Trinajstić information content (AvgIpc) is 2.67. The summed E-state index contributed by atoms with van der Waals surface area (Å²) in [6.07, 6.45) is 0.663. The summed E-state index contributed by atoms with van der Waals surface area (Å²) in [5.41, 5.74) is 1.88. The van der Waals surface area contributed by atoms with Crippen LogP contribution < -0.4 is 5.32 Å². The number of ether oxygens (including phenoxy) is 1. The van der Waals surface area contributed by atoms with Crippen LogP contribution in [-0.2, 0) is 16.0 Å². The Morgan fingerprint density at radius 2 is 1.62 bits per heavy atom. The van der Waals surface area contributed by atoms with Crippen molar-refractivity contribution < 1.29 is 19.1 Å². The van der Waals surface area contributed by atoms with Gasteiger partial charge < -0.3 is 19.9 Å². The van der Waals surface area contributed by atoms with E-state index in [0.29, 0.717) is 38.3 Å². The highest BCUT2D eigenvalue weighted by atomic mass is 16.5. The SMILES string of the molecule is CCOC(=O)NCCC(=O)N1CCN(C(=O)c2ccc(CC)cc2)CC1. The summed E-state index contributed by atoms with van der Waals surface area (Å²) in [5, 5.41) is 2.54. The Morgan fingerprint density at radius 3 is 2.19 bits per heavy atom. The molecule has 3 amide bonds.